The number of halogens is 2. The summed E-state index contributed by atoms with van der Waals surface area (Å²) >= 11 is 2.15. The van der Waals surface area contributed by atoms with Crippen molar-refractivity contribution in [2.75, 3.05) is 7.11 Å². The molecule has 2 nitrogen and oxygen atoms in total. The second-order valence-corrected chi connectivity index (χ2v) is 5.07. The van der Waals surface area contributed by atoms with Crippen LogP contribution in [0.4, 0.5) is 4.39 Å². The molecule has 0 saturated carbocycles. The van der Waals surface area contributed by atoms with Crippen LogP contribution in [0, 0.1) is 9.39 Å². The summed E-state index contributed by atoms with van der Waals surface area (Å²) in [5, 5.41) is 10.2. The van der Waals surface area contributed by atoms with Gasteiger partial charge in [-0.15, -0.1) is 0 Å². The van der Waals surface area contributed by atoms with Crippen molar-refractivity contribution < 1.29 is 14.2 Å². The number of hydrogen-bond acceptors (Lipinski definition) is 2. The van der Waals surface area contributed by atoms with Crippen LogP contribution in [0.2, 0.25) is 0 Å². The van der Waals surface area contributed by atoms with E-state index in [0.717, 1.165) is 3.57 Å². The predicted octanol–water partition coefficient (Wildman–Crippen LogP) is 3.52. The molecular formula is C14H12FIO2. The number of rotatable bonds is 3. The van der Waals surface area contributed by atoms with Gasteiger partial charge in [-0.3, -0.25) is 0 Å². The fourth-order valence-corrected chi connectivity index (χ4v) is 2.32. The third-order valence-electron chi connectivity index (χ3n) is 2.67. The van der Waals surface area contributed by atoms with E-state index in [0.29, 0.717) is 5.56 Å². The van der Waals surface area contributed by atoms with E-state index >= 15 is 0 Å². The molecule has 0 aliphatic carbocycles. The molecule has 0 heterocycles. The Kier molecular flexibility index (Phi) is 4.19. The average molecular weight is 358 g/mol. The van der Waals surface area contributed by atoms with Gasteiger partial charge in [0, 0.05) is 9.13 Å². The first kappa shape index (κ1) is 13.3. The highest BCUT2D eigenvalue weighted by atomic mass is 127. The van der Waals surface area contributed by atoms with E-state index in [2.05, 4.69) is 22.6 Å². The van der Waals surface area contributed by atoms with Gasteiger partial charge in [0.2, 0.25) is 0 Å². The van der Waals surface area contributed by atoms with Crippen LogP contribution in [0.1, 0.15) is 17.2 Å². The van der Waals surface area contributed by atoms with Gasteiger partial charge in [0.05, 0.1) is 7.11 Å². The van der Waals surface area contributed by atoms with Crippen molar-refractivity contribution in [3.05, 3.63) is 63.0 Å². The van der Waals surface area contributed by atoms with Crippen LogP contribution in [0.3, 0.4) is 0 Å². The zero-order valence-corrected chi connectivity index (χ0v) is 11.9. The lowest BCUT2D eigenvalue weighted by Gasteiger charge is -2.14. The second-order valence-electron chi connectivity index (χ2n) is 3.82. The zero-order chi connectivity index (χ0) is 13.1. The number of aliphatic hydroxyl groups excluding tert-OH is 1. The Bertz CT molecular complexity index is 557. The third-order valence-corrected chi connectivity index (χ3v) is 3.34. The van der Waals surface area contributed by atoms with Crippen LogP contribution < -0.4 is 4.74 Å². The third kappa shape index (κ3) is 2.64. The Morgan fingerprint density at radius 1 is 1.22 bits per heavy atom. The van der Waals surface area contributed by atoms with Gasteiger partial charge in [-0.05, 0) is 46.4 Å². The van der Waals surface area contributed by atoms with Crippen LogP contribution in [0.15, 0.2) is 42.5 Å². The Morgan fingerprint density at radius 3 is 2.61 bits per heavy atom. The molecule has 2 aromatic rings. The van der Waals surface area contributed by atoms with Crippen molar-refractivity contribution in [1.82, 2.24) is 0 Å². The fraction of sp³-hybridized carbons (Fsp3) is 0.143. The SMILES string of the molecule is COc1cccc(C(O)c2cccc(I)c2)c1F. The predicted molar refractivity (Wildman–Crippen MR) is 76.2 cm³/mol. The van der Waals surface area contributed by atoms with Crippen LogP contribution in [-0.2, 0) is 0 Å². The lowest BCUT2D eigenvalue weighted by molar-refractivity contribution is 0.213. The number of methoxy groups -OCH3 is 1. The lowest BCUT2D eigenvalue weighted by Crippen LogP contribution is -2.04. The van der Waals surface area contributed by atoms with Gasteiger partial charge < -0.3 is 9.84 Å². The van der Waals surface area contributed by atoms with Crippen molar-refractivity contribution in [1.29, 1.82) is 0 Å². The zero-order valence-electron chi connectivity index (χ0n) is 9.73. The Morgan fingerprint density at radius 2 is 1.94 bits per heavy atom. The van der Waals surface area contributed by atoms with Crippen molar-refractivity contribution in [3.8, 4) is 5.75 Å². The minimum Gasteiger partial charge on any atom is -0.494 e. The number of hydrogen-bond donors (Lipinski definition) is 1. The quantitative estimate of drug-likeness (QED) is 0.851. The molecule has 0 aromatic heterocycles. The highest BCUT2D eigenvalue weighted by molar-refractivity contribution is 14.1. The van der Waals surface area contributed by atoms with E-state index in [1.165, 1.54) is 13.2 Å². The Labute approximate surface area is 119 Å². The van der Waals surface area contributed by atoms with Gasteiger partial charge in [-0.25, -0.2) is 4.39 Å². The van der Waals surface area contributed by atoms with Crippen molar-refractivity contribution in [3.63, 3.8) is 0 Å². The fourth-order valence-electron chi connectivity index (χ4n) is 1.75. The second kappa shape index (κ2) is 5.67. The summed E-state index contributed by atoms with van der Waals surface area (Å²) < 4.78 is 19.9. The summed E-state index contributed by atoms with van der Waals surface area (Å²) in [5.41, 5.74) is 0.880. The Hall–Kier alpha value is -1.14. The maximum absolute atomic E-state index is 14.0. The van der Waals surface area contributed by atoms with Crippen LogP contribution in [0.5, 0.6) is 5.75 Å². The molecular weight excluding hydrogens is 346 g/mol. The first-order valence-electron chi connectivity index (χ1n) is 5.39. The van der Waals surface area contributed by atoms with E-state index in [4.69, 9.17) is 4.74 Å². The van der Waals surface area contributed by atoms with Crippen molar-refractivity contribution in [2.24, 2.45) is 0 Å². The number of aliphatic hydroxyl groups is 1. The van der Waals surface area contributed by atoms with E-state index < -0.39 is 11.9 Å². The van der Waals surface area contributed by atoms with Crippen molar-refractivity contribution in [2.45, 2.75) is 6.10 Å². The molecule has 0 bridgehead atoms. The molecule has 0 aliphatic rings. The van der Waals surface area contributed by atoms with Crippen molar-refractivity contribution >= 4 is 22.6 Å². The maximum atomic E-state index is 14.0. The molecule has 0 aliphatic heterocycles. The molecule has 1 unspecified atom stereocenters. The minimum atomic E-state index is -0.991. The molecule has 18 heavy (non-hydrogen) atoms. The normalized spacial score (nSPS) is 12.2. The summed E-state index contributed by atoms with van der Waals surface area (Å²) in [6.07, 6.45) is -0.991. The summed E-state index contributed by atoms with van der Waals surface area (Å²) in [6, 6.07) is 12.1. The van der Waals surface area contributed by atoms with Gasteiger partial charge >= 0.3 is 0 Å². The minimum absolute atomic E-state index is 0.136. The maximum Gasteiger partial charge on any atom is 0.171 e. The smallest absolute Gasteiger partial charge is 0.171 e. The van der Waals surface area contributed by atoms with Gasteiger partial charge in [0.1, 0.15) is 6.10 Å². The molecule has 0 radical (unpaired) electrons. The molecule has 0 fully saturated rings. The molecule has 0 saturated heterocycles. The summed E-state index contributed by atoms with van der Waals surface area (Å²) in [6.45, 7) is 0. The molecule has 2 aromatic carbocycles. The van der Waals surface area contributed by atoms with E-state index in [9.17, 15) is 9.50 Å². The molecule has 1 N–H and O–H groups in total. The van der Waals surface area contributed by atoms with Gasteiger partial charge in [0.25, 0.3) is 0 Å². The van der Waals surface area contributed by atoms with Gasteiger partial charge in [0.15, 0.2) is 11.6 Å². The number of benzene rings is 2. The average Bonchev–Trinajstić information content (AvgIpc) is 2.38. The first-order chi connectivity index (χ1) is 8.63. The monoisotopic (exact) mass is 358 g/mol. The topological polar surface area (TPSA) is 29.5 Å². The van der Waals surface area contributed by atoms with Gasteiger partial charge in [-0.1, -0.05) is 24.3 Å². The first-order valence-corrected chi connectivity index (χ1v) is 6.47. The molecule has 0 spiro atoms. The molecule has 2 rings (SSSR count). The highest BCUT2D eigenvalue weighted by Gasteiger charge is 2.17. The molecule has 0 amide bonds. The van der Waals surface area contributed by atoms with E-state index in [-0.39, 0.29) is 11.3 Å². The summed E-state index contributed by atoms with van der Waals surface area (Å²) in [4.78, 5) is 0. The lowest BCUT2D eigenvalue weighted by atomic mass is 10.0. The molecule has 94 valence electrons. The molecule has 4 heteroatoms. The van der Waals surface area contributed by atoms with Crippen LogP contribution in [0.25, 0.3) is 0 Å². The molecule has 1 atom stereocenters. The summed E-state index contributed by atoms with van der Waals surface area (Å²) in [5.74, 6) is -0.386. The van der Waals surface area contributed by atoms with E-state index in [1.54, 1.807) is 18.2 Å². The standard InChI is InChI=1S/C14H12FIO2/c1-18-12-7-3-6-11(13(12)15)14(17)9-4-2-5-10(16)8-9/h2-8,14,17H,1H3. The number of ether oxygens (including phenoxy) is 1. The Balaban J connectivity index is 2.43. The summed E-state index contributed by atoms with van der Waals surface area (Å²) in [7, 11) is 1.40. The van der Waals surface area contributed by atoms with E-state index in [1.807, 2.05) is 18.2 Å². The largest absolute Gasteiger partial charge is 0.494 e. The van der Waals surface area contributed by atoms with Crippen LogP contribution >= 0.6 is 22.6 Å². The van der Waals surface area contributed by atoms with Gasteiger partial charge in [-0.2, -0.15) is 0 Å². The van der Waals surface area contributed by atoms with Crippen LogP contribution in [-0.4, -0.2) is 12.2 Å². The highest BCUT2D eigenvalue weighted by Crippen LogP contribution is 2.29.